The van der Waals surface area contributed by atoms with Crippen molar-refractivity contribution in [2.24, 2.45) is 5.92 Å². The second-order valence-electron chi connectivity index (χ2n) is 7.90. The van der Waals surface area contributed by atoms with Gasteiger partial charge in [-0.05, 0) is 61.9 Å². The van der Waals surface area contributed by atoms with Gasteiger partial charge in [0.25, 0.3) is 0 Å². The number of thiazole rings is 1. The van der Waals surface area contributed by atoms with Gasteiger partial charge in [0.2, 0.25) is 5.91 Å². The molecular weight excluding hydrogens is 409 g/mol. The van der Waals surface area contributed by atoms with Gasteiger partial charge in [-0.1, -0.05) is 12.1 Å². The van der Waals surface area contributed by atoms with Crippen LogP contribution in [-0.2, 0) is 4.79 Å². The van der Waals surface area contributed by atoms with E-state index in [9.17, 15) is 9.18 Å². The molecule has 0 aliphatic carbocycles. The van der Waals surface area contributed by atoms with Crippen LogP contribution in [-0.4, -0.2) is 23.0 Å². The van der Waals surface area contributed by atoms with Gasteiger partial charge < -0.3 is 10.6 Å². The first-order chi connectivity index (χ1) is 13.6. The van der Waals surface area contributed by atoms with Gasteiger partial charge in [-0.25, -0.2) is 9.37 Å². The van der Waals surface area contributed by atoms with E-state index in [1.807, 2.05) is 24.3 Å². The minimum Gasteiger partial charge on any atom is -0.325 e. The van der Waals surface area contributed by atoms with Gasteiger partial charge in [0, 0.05) is 24.1 Å². The highest BCUT2D eigenvalue weighted by molar-refractivity contribution is 7.21. The minimum absolute atomic E-state index is 0. The fourth-order valence-electron chi connectivity index (χ4n) is 4.60. The van der Waals surface area contributed by atoms with Crippen LogP contribution in [0.3, 0.4) is 0 Å². The molecule has 5 rings (SSSR count). The zero-order valence-electron chi connectivity index (χ0n) is 15.9. The topological polar surface area (TPSA) is 54.0 Å². The van der Waals surface area contributed by atoms with Crippen molar-refractivity contribution >= 4 is 45.6 Å². The first kappa shape index (κ1) is 20.3. The molecule has 2 aliphatic rings. The molecular formula is C22H23ClFN3OS. The maximum atomic E-state index is 13.9. The molecule has 1 amide bonds. The van der Waals surface area contributed by atoms with E-state index in [1.165, 1.54) is 36.3 Å². The molecule has 2 atom stereocenters. The number of carbonyl (C=O) groups excluding carboxylic acids is 1. The van der Waals surface area contributed by atoms with Crippen molar-refractivity contribution in [3.05, 3.63) is 48.3 Å². The molecule has 4 nitrogen and oxygen atoms in total. The molecule has 2 aliphatic heterocycles. The maximum absolute atomic E-state index is 13.9. The minimum atomic E-state index is -0.331. The van der Waals surface area contributed by atoms with Crippen LogP contribution in [0.25, 0.3) is 20.8 Å². The third kappa shape index (κ3) is 4.29. The summed E-state index contributed by atoms with van der Waals surface area (Å²) in [5.41, 5.74) is 2.15. The molecule has 0 radical (unpaired) electrons. The van der Waals surface area contributed by atoms with Crippen LogP contribution in [0.5, 0.6) is 0 Å². The molecule has 2 bridgehead atoms. The first-order valence-corrected chi connectivity index (χ1v) is 10.7. The molecule has 2 aromatic carbocycles. The van der Waals surface area contributed by atoms with Crippen LogP contribution in [0.15, 0.2) is 42.5 Å². The van der Waals surface area contributed by atoms with Gasteiger partial charge in [0.1, 0.15) is 10.8 Å². The summed E-state index contributed by atoms with van der Waals surface area (Å²) in [7, 11) is 0. The van der Waals surface area contributed by atoms with Crippen molar-refractivity contribution < 1.29 is 9.18 Å². The number of nitrogens with zero attached hydrogens (tertiary/aromatic N) is 1. The Morgan fingerprint density at radius 3 is 2.69 bits per heavy atom. The number of piperidine rings is 1. The molecule has 2 unspecified atom stereocenters. The molecule has 1 aromatic heterocycles. The highest BCUT2D eigenvalue weighted by Gasteiger charge is 2.34. The van der Waals surface area contributed by atoms with E-state index in [4.69, 9.17) is 0 Å². The fraction of sp³-hybridized carbons (Fsp3) is 0.364. The number of rotatable bonds is 4. The van der Waals surface area contributed by atoms with E-state index in [2.05, 4.69) is 15.6 Å². The Morgan fingerprint density at radius 2 is 1.93 bits per heavy atom. The van der Waals surface area contributed by atoms with Crippen LogP contribution in [0.4, 0.5) is 10.1 Å². The summed E-state index contributed by atoms with van der Waals surface area (Å²) in [5, 5.41) is 7.35. The van der Waals surface area contributed by atoms with Gasteiger partial charge in [-0.3, -0.25) is 4.79 Å². The Bertz CT molecular complexity index is 995. The molecule has 29 heavy (non-hydrogen) atoms. The molecule has 152 valence electrons. The summed E-state index contributed by atoms with van der Waals surface area (Å²) in [6.07, 6.45) is 5.10. The molecule has 7 heteroatoms. The third-order valence-corrected chi connectivity index (χ3v) is 6.89. The predicted molar refractivity (Wildman–Crippen MR) is 118 cm³/mol. The Balaban J connectivity index is 0.00000205. The van der Waals surface area contributed by atoms with Crippen LogP contribution in [0.2, 0.25) is 0 Å². The number of aromatic nitrogens is 1. The summed E-state index contributed by atoms with van der Waals surface area (Å²) in [6.45, 7) is 0. The number of para-hydroxylation sites is 1. The highest BCUT2D eigenvalue weighted by Crippen LogP contribution is 2.36. The van der Waals surface area contributed by atoms with Gasteiger partial charge in [-0.15, -0.1) is 23.7 Å². The maximum Gasteiger partial charge on any atom is 0.224 e. The second kappa shape index (κ2) is 8.38. The van der Waals surface area contributed by atoms with Gasteiger partial charge in [-0.2, -0.15) is 0 Å². The molecule has 3 heterocycles. The Hall–Kier alpha value is -2.02. The lowest BCUT2D eigenvalue weighted by atomic mass is 9.89. The van der Waals surface area contributed by atoms with Crippen molar-refractivity contribution in [3.8, 4) is 10.6 Å². The lowest BCUT2D eigenvalue weighted by Crippen LogP contribution is -2.39. The number of fused-ring (bicyclic) bond motifs is 3. The molecule has 2 N–H and O–H groups in total. The van der Waals surface area contributed by atoms with Crippen LogP contribution in [0.1, 0.15) is 32.1 Å². The van der Waals surface area contributed by atoms with Crippen LogP contribution < -0.4 is 10.6 Å². The predicted octanol–water partition coefficient (Wildman–Crippen LogP) is 5.38. The summed E-state index contributed by atoms with van der Waals surface area (Å²) in [6, 6.07) is 13.5. The van der Waals surface area contributed by atoms with E-state index >= 15 is 0 Å². The average Bonchev–Trinajstić information content (AvgIpc) is 3.26. The van der Waals surface area contributed by atoms with E-state index in [0.717, 1.165) is 28.1 Å². The van der Waals surface area contributed by atoms with Crippen molar-refractivity contribution in [3.63, 3.8) is 0 Å². The van der Waals surface area contributed by atoms with Gasteiger partial charge in [0.15, 0.2) is 0 Å². The summed E-state index contributed by atoms with van der Waals surface area (Å²) in [4.78, 5) is 17.3. The quantitative estimate of drug-likeness (QED) is 0.582. The van der Waals surface area contributed by atoms with Crippen molar-refractivity contribution in [1.82, 2.24) is 10.3 Å². The van der Waals surface area contributed by atoms with E-state index in [-0.39, 0.29) is 24.1 Å². The molecule has 3 aromatic rings. The summed E-state index contributed by atoms with van der Waals surface area (Å²) >= 11 is 1.51. The SMILES string of the molecule is Cl.O=C(CC1CC2CCC(C1)N2)Nc1ccc(F)cc1-c1nc2ccccc2s1. The van der Waals surface area contributed by atoms with Crippen molar-refractivity contribution in [2.45, 2.75) is 44.2 Å². The standard InChI is InChI=1S/C22H22FN3OS.ClH/c23-14-5-8-18(17(12-14)22-26-19-3-1-2-4-20(19)28-22)25-21(27)11-13-9-15-6-7-16(10-13)24-15;/h1-5,8,12-13,15-16,24H,6-7,9-11H2,(H,25,27);1H. The molecule has 2 fully saturated rings. The van der Waals surface area contributed by atoms with Crippen LogP contribution >= 0.6 is 23.7 Å². The number of carbonyl (C=O) groups is 1. The van der Waals surface area contributed by atoms with Crippen LogP contribution in [0, 0.1) is 11.7 Å². The van der Waals surface area contributed by atoms with E-state index < -0.39 is 0 Å². The number of halogens is 2. The lowest BCUT2D eigenvalue weighted by Gasteiger charge is -2.28. The number of hydrogen-bond acceptors (Lipinski definition) is 4. The number of anilines is 1. The largest absolute Gasteiger partial charge is 0.325 e. The first-order valence-electron chi connectivity index (χ1n) is 9.85. The van der Waals surface area contributed by atoms with Crippen molar-refractivity contribution in [1.29, 1.82) is 0 Å². The number of benzene rings is 2. The molecule has 0 saturated carbocycles. The van der Waals surface area contributed by atoms with E-state index in [0.29, 0.717) is 35.7 Å². The Morgan fingerprint density at radius 1 is 1.17 bits per heavy atom. The molecule has 2 saturated heterocycles. The zero-order valence-corrected chi connectivity index (χ0v) is 17.5. The monoisotopic (exact) mass is 431 g/mol. The smallest absolute Gasteiger partial charge is 0.224 e. The zero-order chi connectivity index (χ0) is 19.1. The lowest BCUT2D eigenvalue weighted by molar-refractivity contribution is -0.117. The normalized spacial score (nSPS) is 23.0. The van der Waals surface area contributed by atoms with Crippen molar-refractivity contribution in [2.75, 3.05) is 5.32 Å². The Kier molecular flexibility index (Phi) is 5.86. The Labute approximate surface area is 179 Å². The third-order valence-electron chi connectivity index (χ3n) is 5.82. The fourth-order valence-corrected chi connectivity index (χ4v) is 5.59. The second-order valence-corrected chi connectivity index (χ2v) is 8.93. The summed E-state index contributed by atoms with van der Waals surface area (Å²) < 4.78 is 15.0. The highest BCUT2D eigenvalue weighted by atomic mass is 35.5. The van der Waals surface area contributed by atoms with E-state index in [1.54, 1.807) is 6.07 Å². The number of hydrogen-bond donors (Lipinski definition) is 2. The molecule has 0 spiro atoms. The van der Waals surface area contributed by atoms with Gasteiger partial charge in [0.05, 0.1) is 15.9 Å². The number of amides is 1. The summed E-state index contributed by atoms with van der Waals surface area (Å²) in [5.74, 6) is 0.0903. The van der Waals surface area contributed by atoms with Gasteiger partial charge >= 0.3 is 0 Å². The number of nitrogens with one attached hydrogen (secondary N) is 2. The average molecular weight is 432 g/mol.